The molecule has 8 heteroatoms. The van der Waals surface area contributed by atoms with E-state index in [4.69, 9.17) is 16.3 Å². The molecule has 2 N–H and O–H groups in total. The van der Waals surface area contributed by atoms with E-state index in [2.05, 4.69) is 10.6 Å². The molecule has 2 rings (SSSR count). The van der Waals surface area contributed by atoms with Gasteiger partial charge >= 0.3 is 12.2 Å². The maximum Gasteiger partial charge on any atom is 0.416 e. The molecule has 1 fully saturated rings. The van der Waals surface area contributed by atoms with Crippen LogP contribution in [0.3, 0.4) is 0 Å². The molecular formula is C14H16ClF3N2O2. The Hall–Kier alpha value is -1.47. The van der Waals surface area contributed by atoms with Crippen LogP contribution >= 0.6 is 11.6 Å². The molecule has 0 bridgehead atoms. The van der Waals surface area contributed by atoms with E-state index in [1.54, 1.807) is 6.92 Å². The lowest BCUT2D eigenvalue weighted by atomic mass is 10.1. The number of urea groups is 1. The Morgan fingerprint density at radius 2 is 2.18 bits per heavy atom. The highest BCUT2D eigenvalue weighted by atomic mass is 35.5. The number of alkyl halides is 3. The van der Waals surface area contributed by atoms with Gasteiger partial charge < -0.3 is 15.4 Å². The van der Waals surface area contributed by atoms with E-state index < -0.39 is 17.8 Å². The van der Waals surface area contributed by atoms with Crippen molar-refractivity contribution in [2.45, 2.75) is 38.1 Å². The van der Waals surface area contributed by atoms with E-state index in [1.807, 2.05) is 0 Å². The lowest BCUT2D eigenvalue weighted by molar-refractivity contribution is -0.137. The quantitative estimate of drug-likeness (QED) is 0.875. The van der Waals surface area contributed by atoms with Crippen LogP contribution in [0.25, 0.3) is 0 Å². The smallest absolute Gasteiger partial charge is 0.376 e. The van der Waals surface area contributed by atoms with Crippen molar-refractivity contribution in [3.8, 4) is 0 Å². The predicted molar refractivity (Wildman–Crippen MR) is 77.0 cm³/mol. The number of carbonyl (C=O) groups is 1. The SMILES string of the molecule is C[C@@H](NC(=O)Nc1cc(C(F)(F)F)ccc1Cl)[C@H]1CCCO1. The van der Waals surface area contributed by atoms with Gasteiger partial charge in [-0.2, -0.15) is 13.2 Å². The first-order valence-corrected chi connectivity index (χ1v) is 7.21. The molecular weight excluding hydrogens is 321 g/mol. The van der Waals surface area contributed by atoms with Crippen LogP contribution in [-0.4, -0.2) is 24.8 Å². The minimum Gasteiger partial charge on any atom is -0.376 e. The molecule has 122 valence electrons. The zero-order chi connectivity index (χ0) is 16.3. The Balaban J connectivity index is 2.01. The fourth-order valence-electron chi connectivity index (χ4n) is 2.25. The number of benzene rings is 1. The summed E-state index contributed by atoms with van der Waals surface area (Å²) in [4.78, 5) is 11.9. The van der Waals surface area contributed by atoms with Crippen LogP contribution in [0.4, 0.5) is 23.7 Å². The molecule has 4 nitrogen and oxygen atoms in total. The monoisotopic (exact) mass is 336 g/mol. The van der Waals surface area contributed by atoms with Crippen molar-refractivity contribution >= 4 is 23.3 Å². The molecule has 0 radical (unpaired) electrons. The molecule has 0 unspecified atom stereocenters. The van der Waals surface area contributed by atoms with Gasteiger partial charge in [-0.05, 0) is 38.0 Å². The van der Waals surface area contributed by atoms with E-state index in [-0.39, 0.29) is 22.9 Å². The number of hydrogen-bond acceptors (Lipinski definition) is 2. The average Bonchev–Trinajstić information content (AvgIpc) is 2.94. The first-order chi connectivity index (χ1) is 10.3. The van der Waals surface area contributed by atoms with E-state index in [0.29, 0.717) is 6.61 Å². The van der Waals surface area contributed by atoms with Gasteiger partial charge in [0.1, 0.15) is 0 Å². The van der Waals surface area contributed by atoms with Gasteiger partial charge in [0.15, 0.2) is 0 Å². The van der Waals surface area contributed by atoms with Gasteiger partial charge in [-0.15, -0.1) is 0 Å². The minimum atomic E-state index is -4.50. The van der Waals surface area contributed by atoms with Gasteiger partial charge in [0.2, 0.25) is 0 Å². The molecule has 2 atom stereocenters. The number of ether oxygens (including phenoxy) is 1. The lowest BCUT2D eigenvalue weighted by Crippen LogP contribution is -2.43. The first-order valence-electron chi connectivity index (χ1n) is 6.83. The molecule has 1 heterocycles. The molecule has 0 aliphatic carbocycles. The van der Waals surface area contributed by atoms with Crippen LogP contribution in [0.5, 0.6) is 0 Å². The summed E-state index contributed by atoms with van der Waals surface area (Å²) >= 11 is 5.82. The van der Waals surface area contributed by atoms with Crippen LogP contribution < -0.4 is 10.6 Å². The van der Waals surface area contributed by atoms with Gasteiger partial charge in [0, 0.05) is 6.61 Å². The standard InChI is InChI=1S/C14H16ClF3N2O2/c1-8(12-3-2-6-22-12)19-13(21)20-11-7-9(14(16,17)18)4-5-10(11)15/h4-5,7-8,12H,2-3,6H2,1H3,(H2,19,20,21)/t8-,12-/m1/s1. The summed E-state index contributed by atoms with van der Waals surface area (Å²) in [7, 11) is 0. The summed E-state index contributed by atoms with van der Waals surface area (Å²) in [6.07, 6.45) is -2.81. The number of anilines is 1. The number of halogens is 4. The van der Waals surface area contributed by atoms with E-state index in [0.717, 1.165) is 31.0 Å². The molecule has 0 aromatic heterocycles. The maximum atomic E-state index is 12.7. The highest BCUT2D eigenvalue weighted by molar-refractivity contribution is 6.33. The molecule has 1 aliphatic rings. The van der Waals surface area contributed by atoms with Gasteiger partial charge in [-0.25, -0.2) is 4.79 Å². The molecule has 0 spiro atoms. The summed E-state index contributed by atoms with van der Waals surface area (Å²) in [5, 5.41) is 5.02. The predicted octanol–water partition coefficient (Wildman–Crippen LogP) is 4.05. The number of amides is 2. The van der Waals surface area contributed by atoms with Gasteiger partial charge in [-0.3, -0.25) is 0 Å². The third-order valence-corrected chi connectivity index (χ3v) is 3.75. The Kier molecular flexibility index (Phi) is 5.18. The summed E-state index contributed by atoms with van der Waals surface area (Å²) < 4.78 is 43.4. The summed E-state index contributed by atoms with van der Waals surface area (Å²) in [6, 6.07) is 1.90. The van der Waals surface area contributed by atoms with Crippen molar-refractivity contribution in [2.24, 2.45) is 0 Å². The van der Waals surface area contributed by atoms with Crippen LogP contribution in [0.1, 0.15) is 25.3 Å². The summed E-state index contributed by atoms with van der Waals surface area (Å²) in [6.45, 7) is 2.43. The molecule has 1 aromatic rings. The van der Waals surface area contributed by atoms with Crippen molar-refractivity contribution in [1.82, 2.24) is 5.32 Å². The summed E-state index contributed by atoms with van der Waals surface area (Å²) in [5.74, 6) is 0. The van der Waals surface area contributed by atoms with Crippen molar-refractivity contribution in [3.05, 3.63) is 28.8 Å². The van der Waals surface area contributed by atoms with E-state index in [1.165, 1.54) is 0 Å². The Bertz CT molecular complexity index is 545. The van der Waals surface area contributed by atoms with Crippen molar-refractivity contribution in [3.63, 3.8) is 0 Å². The third kappa shape index (κ3) is 4.27. The fraction of sp³-hybridized carbons (Fsp3) is 0.500. The van der Waals surface area contributed by atoms with E-state index in [9.17, 15) is 18.0 Å². The largest absolute Gasteiger partial charge is 0.416 e. The number of rotatable bonds is 3. The zero-order valence-electron chi connectivity index (χ0n) is 11.8. The van der Waals surface area contributed by atoms with Crippen molar-refractivity contribution in [2.75, 3.05) is 11.9 Å². The zero-order valence-corrected chi connectivity index (χ0v) is 12.6. The van der Waals surface area contributed by atoms with Crippen LogP contribution in [0, 0.1) is 0 Å². The second kappa shape index (κ2) is 6.75. The normalized spacial score (nSPS) is 19.8. The highest BCUT2D eigenvalue weighted by Crippen LogP contribution is 2.33. The van der Waals surface area contributed by atoms with Crippen LogP contribution in [0.15, 0.2) is 18.2 Å². The molecule has 1 aliphatic heterocycles. The van der Waals surface area contributed by atoms with Crippen molar-refractivity contribution in [1.29, 1.82) is 0 Å². The summed E-state index contributed by atoms with van der Waals surface area (Å²) in [5.41, 5.74) is -0.965. The number of carbonyl (C=O) groups excluding carboxylic acids is 1. The van der Waals surface area contributed by atoms with Gasteiger partial charge in [-0.1, -0.05) is 11.6 Å². The maximum absolute atomic E-state index is 12.7. The van der Waals surface area contributed by atoms with Crippen LogP contribution in [-0.2, 0) is 10.9 Å². The fourth-order valence-corrected chi connectivity index (χ4v) is 2.42. The molecule has 1 saturated heterocycles. The number of nitrogens with one attached hydrogen (secondary N) is 2. The second-order valence-electron chi connectivity index (χ2n) is 5.13. The van der Waals surface area contributed by atoms with Crippen molar-refractivity contribution < 1.29 is 22.7 Å². The molecule has 0 saturated carbocycles. The third-order valence-electron chi connectivity index (χ3n) is 3.42. The highest BCUT2D eigenvalue weighted by Gasteiger charge is 2.31. The number of hydrogen-bond donors (Lipinski definition) is 2. The topological polar surface area (TPSA) is 50.4 Å². The van der Waals surface area contributed by atoms with E-state index >= 15 is 0 Å². The average molecular weight is 337 g/mol. The molecule has 1 aromatic carbocycles. The Morgan fingerprint density at radius 3 is 2.77 bits per heavy atom. The van der Waals surface area contributed by atoms with Crippen LogP contribution in [0.2, 0.25) is 5.02 Å². The molecule has 22 heavy (non-hydrogen) atoms. The van der Waals surface area contributed by atoms with Gasteiger partial charge in [0.05, 0.1) is 28.4 Å². The molecule has 2 amide bonds. The minimum absolute atomic E-state index is 0.0351. The first kappa shape index (κ1) is 16.9. The Labute approximate surface area is 131 Å². The Morgan fingerprint density at radius 1 is 1.45 bits per heavy atom. The van der Waals surface area contributed by atoms with Gasteiger partial charge in [0.25, 0.3) is 0 Å². The second-order valence-corrected chi connectivity index (χ2v) is 5.54. The lowest BCUT2D eigenvalue weighted by Gasteiger charge is -2.20.